The highest BCUT2D eigenvalue weighted by Crippen LogP contribution is 2.39. The van der Waals surface area contributed by atoms with Crippen LogP contribution in [0.25, 0.3) is 0 Å². The highest BCUT2D eigenvalue weighted by atomic mass is 32.2. The van der Waals surface area contributed by atoms with Crippen LogP contribution in [0.4, 0.5) is 11.4 Å². The molecule has 0 aromatic heterocycles. The Bertz CT molecular complexity index is 1100. The minimum atomic E-state index is -3.98. The van der Waals surface area contributed by atoms with E-state index in [1.165, 1.54) is 44.0 Å². The number of hydrogen-bond donors (Lipinski definition) is 1. The van der Waals surface area contributed by atoms with E-state index >= 15 is 0 Å². The van der Waals surface area contributed by atoms with Crippen LogP contribution < -0.4 is 19.6 Å². The Labute approximate surface area is 186 Å². The predicted octanol–water partition coefficient (Wildman–Crippen LogP) is 3.10. The molecule has 0 saturated carbocycles. The summed E-state index contributed by atoms with van der Waals surface area (Å²) >= 11 is 0. The van der Waals surface area contributed by atoms with Crippen LogP contribution in [0, 0.1) is 10.1 Å². The average molecular weight is 467 g/mol. The van der Waals surface area contributed by atoms with Crippen molar-refractivity contribution in [2.45, 2.75) is 18.7 Å². The monoisotopic (exact) mass is 466 g/mol. The third-order valence-corrected chi connectivity index (χ3v) is 6.71. The van der Waals surface area contributed by atoms with Crippen LogP contribution in [0.5, 0.6) is 17.2 Å². The van der Waals surface area contributed by atoms with Gasteiger partial charge in [-0.1, -0.05) is 13.8 Å². The number of nitro benzene ring substituents is 1. The summed E-state index contributed by atoms with van der Waals surface area (Å²) < 4.78 is 43.3. The first-order valence-corrected chi connectivity index (χ1v) is 11.1. The minimum absolute atomic E-state index is 0.0955. The van der Waals surface area contributed by atoms with Crippen LogP contribution in [-0.4, -0.2) is 58.3 Å². The summed E-state index contributed by atoms with van der Waals surface area (Å²) in [5.74, 6) is 1.22. The van der Waals surface area contributed by atoms with Gasteiger partial charge in [-0.15, -0.1) is 0 Å². The van der Waals surface area contributed by atoms with Gasteiger partial charge in [0.1, 0.15) is 4.90 Å². The van der Waals surface area contributed by atoms with E-state index in [1.54, 1.807) is 26.0 Å². The summed E-state index contributed by atoms with van der Waals surface area (Å²) in [6, 6.07) is 6.88. The highest BCUT2D eigenvalue weighted by Gasteiger charge is 2.27. The van der Waals surface area contributed by atoms with Crippen molar-refractivity contribution < 1.29 is 27.6 Å². The second-order valence-electron chi connectivity index (χ2n) is 6.32. The zero-order chi connectivity index (χ0) is 23.9. The molecule has 0 spiro atoms. The van der Waals surface area contributed by atoms with Crippen molar-refractivity contribution in [2.75, 3.05) is 39.8 Å². The Balaban J connectivity index is 2.48. The van der Waals surface area contributed by atoms with Crippen molar-refractivity contribution in [2.24, 2.45) is 5.10 Å². The predicted molar refractivity (Wildman–Crippen MR) is 121 cm³/mol. The van der Waals surface area contributed by atoms with Gasteiger partial charge in [0.2, 0.25) is 15.8 Å². The number of ether oxygens (including phenoxy) is 3. The number of rotatable bonds is 11. The number of benzene rings is 2. The van der Waals surface area contributed by atoms with E-state index in [1.807, 2.05) is 0 Å². The number of nitrogens with one attached hydrogen (secondary N) is 1. The molecule has 2 aromatic rings. The van der Waals surface area contributed by atoms with Crippen molar-refractivity contribution >= 4 is 27.6 Å². The molecule has 0 heterocycles. The van der Waals surface area contributed by atoms with Crippen molar-refractivity contribution in [1.29, 1.82) is 0 Å². The fraction of sp³-hybridized carbons (Fsp3) is 0.350. The summed E-state index contributed by atoms with van der Waals surface area (Å²) in [5.41, 5.74) is 2.96. The SMILES string of the molecule is CCN(CC)S(=O)(=O)c1cc([N+](=O)[O-])ccc1N/N=C/c1ccc(OC)c(OC)c1OC. The van der Waals surface area contributed by atoms with E-state index in [4.69, 9.17) is 14.2 Å². The number of nitro groups is 1. The fourth-order valence-corrected chi connectivity index (χ4v) is 4.65. The Morgan fingerprint density at radius 3 is 2.25 bits per heavy atom. The lowest BCUT2D eigenvalue weighted by Crippen LogP contribution is -2.31. The zero-order valence-corrected chi connectivity index (χ0v) is 19.3. The topological polar surface area (TPSA) is 133 Å². The quantitative estimate of drug-likeness (QED) is 0.303. The lowest BCUT2D eigenvalue weighted by atomic mass is 10.2. The molecule has 0 radical (unpaired) electrons. The van der Waals surface area contributed by atoms with E-state index in [0.717, 1.165) is 6.07 Å². The van der Waals surface area contributed by atoms with E-state index in [0.29, 0.717) is 22.8 Å². The number of hydrogen-bond acceptors (Lipinski definition) is 9. The minimum Gasteiger partial charge on any atom is -0.493 e. The molecule has 2 aromatic carbocycles. The Morgan fingerprint density at radius 2 is 1.72 bits per heavy atom. The van der Waals surface area contributed by atoms with E-state index < -0.39 is 14.9 Å². The summed E-state index contributed by atoms with van der Waals surface area (Å²) in [4.78, 5) is 10.3. The number of non-ortho nitro benzene ring substituents is 1. The number of methoxy groups -OCH3 is 3. The smallest absolute Gasteiger partial charge is 0.270 e. The maximum atomic E-state index is 13.0. The van der Waals surface area contributed by atoms with Gasteiger partial charge in [-0.2, -0.15) is 9.41 Å². The standard InChI is InChI=1S/C20H26N4O7S/c1-6-23(7-2)32(27,28)18-12-15(24(25)26)9-10-16(18)22-21-13-14-8-11-17(29-3)20(31-5)19(14)30-4/h8-13,22H,6-7H2,1-5H3/b21-13+. The molecule has 0 atom stereocenters. The van der Waals surface area contributed by atoms with Crippen molar-refractivity contribution in [3.8, 4) is 17.2 Å². The molecule has 174 valence electrons. The van der Waals surface area contributed by atoms with Gasteiger partial charge >= 0.3 is 0 Å². The Morgan fingerprint density at radius 1 is 1.06 bits per heavy atom. The van der Waals surface area contributed by atoms with Gasteiger partial charge in [0, 0.05) is 30.8 Å². The summed E-state index contributed by atoms with van der Waals surface area (Å²) in [7, 11) is 0.453. The van der Waals surface area contributed by atoms with Gasteiger partial charge < -0.3 is 14.2 Å². The molecule has 2 rings (SSSR count). The van der Waals surface area contributed by atoms with Crippen LogP contribution >= 0.6 is 0 Å². The molecule has 0 aliphatic carbocycles. The van der Waals surface area contributed by atoms with Gasteiger partial charge in [-0.25, -0.2) is 8.42 Å². The third kappa shape index (κ3) is 5.08. The number of sulfonamides is 1. The van der Waals surface area contributed by atoms with Crippen LogP contribution in [-0.2, 0) is 10.0 Å². The number of nitrogens with zero attached hydrogens (tertiary/aromatic N) is 3. The van der Waals surface area contributed by atoms with E-state index in [9.17, 15) is 18.5 Å². The summed E-state index contributed by atoms with van der Waals surface area (Å²) in [5, 5.41) is 15.3. The summed E-state index contributed by atoms with van der Waals surface area (Å²) in [6.45, 7) is 3.81. The van der Waals surface area contributed by atoms with Crippen LogP contribution in [0.1, 0.15) is 19.4 Å². The Kier molecular flexibility index (Phi) is 8.38. The maximum absolute atomic E-state index is 13.0. The molecule has 12 heteroatoms. The molecule has 0 aliphatic heterocycles. The van der Waals surface area contributed by atoms with Gasteiger partial charge in [-0.3, -0.25) is 15.5 Å². The molecular weight excluding hydrogens is 440 g/mol. The normalized spacial score (nSPS) is 11.6. The van der Waals surface area contributed by atoms with Gasteiger partial charge in [0.15, 0.2) is 11.5 Å². The van der Waals surface area contributed by atoms with Gasteiger partial charge in [0.25, 0.3) is 5.69 Å². The second kappa shape index (κ2) is 10.8. The first-order valence-electron chi connectivity index (χ1n) is 9.61. The Hall–Kier alpha value is -3.38. The lowest BCUT2D eigenvalue weighted by molar-refractivity contribution is -0.385. The molecule has 0 saturated heterocycles. The maximum Gasteiger partial charge on any atom is 0.270 e. The molecule has 0 amide bonds. The first-order chi connectivity index (χ1) is 15.2. The molecule has 0 unspecified atom stereocenters. The fourth-order valence-electron chi connectivity index (χ4n) is 3.03. The van der Waals surface area contributed by atoms with Crippen molar-refractivity contribution in [1.82, 2.24) is 4.31 Å². The molecule has 0 bridgehead atoms. The largest absolute Gasteiger partial charge is 0.493 e. The van der Waals surface area contributed by atoms with Crippen LogP contribution in [0.3, 0.4) is 0 Å². The highest BCUT2D eigenvalue weighted by molar-refractivity contribution is 7.89. The lowest BCUT2D eigenvalue weighted by Gasteiger charge is -2.20. The van der Waals surface area contributed by atoms with Crippen molar-refractivity contribution in [3.63, 3.8) is 0 Å². The van der Waals surface area contributed by atoms with Gasteiger partial charge in [0.05, 0.1) is 38.2 Å². The number of hydrazone groups is 1. The van der Waals surface area contributed by atoms with Gasteiger partial charge in [-0.05, 0) is 18.2 Å². The second-order valence-corrected chi connectivity index (χ2v) is 8.23. The average Bonchev–Trinajstić information content (AvgIpc) is 2.78. The zero-order valence-electron chi connectivity index (χ0n) is 18.5. The molecule has 0 fully saturated rings. The van der Waals surface area contributed by atoms with Crippen LogP contribution in [0.15, 0.2) is 40.3 Å². The van der Waals surface area contributed by atoms with Crippen molar-refractivity contribution in [3.05, 3.63) is 46.0 Å². The van der Waals surface area contributed by atoms with E-state index in [2.05, 4.69) is 10.5 Å². The van der Waals surface area contributed by atoms with E-state index in [-0.39, 0.29) is 29.4 Å². The molecule has 11 nitrogen and oxygen atoms in total. The molecule has 0 aliphatic rings. The first kappa shape index (κ1) is 24.9. The summed E-state index contributed by atoms with van der Waals surface area (Å²) in [6.07, 6.45) is 1.41. The third-order valence-electron chi connectivity index (χ3n) is 4.62. The molecule has 1 N–H and O–H groups in total. The molecule has 32 heavy (non-hydrogen) atoms. The number of anilines is 1. The molecular formula is C20H26N4O7S. The van der Waals surface area contributed by atoms with Crippen LogP contribution in [0.2, 0.25) is 0 Å².